The van der Waals surface area contributed by atoms with Crippen LogP contribution in [0.15, 0.2) is 48.8 Å². The molecule has 1 aromatic heterocycles. The van der Waals surface area contributed by atoms with Crippen molar-refractivity contribution >= 4 is 0 Å². The van der Waals surface area contributed by atoms with E-state index in [0.29, 0.717) is 5.56 Å². The number of rotatable bonds is 3. The Bertz CT molecular complexity index is 540. The molecule has 0 saturated heterocycles. The maximum Gasteiger partial charge on any atom is 0.416 e. The first-order chi connectivity index (χ1) is 9.04. The fraction of sp³-hybridized carbons (Fsp3) is 0.154. The molecule has 3 N–H and O–H groups in total. The normalized spacial score (nSPS) is 13.3. The molecule has 1 unspecified atom stereocenters. The quantitative estimate of drug-likeness (QED) is 0.664. The highest BCUT2D eigenvalue weighted by atomic mass is 19.4. The Labute approximate surface area is 108 Å². The van der Waals surface area contributed by atoms with Crippen molar-refractivity contribution in [2.75, 3.05) is 0 Å². The Hall–Kier alpha value is -1.92. The average molecular weight is 267 g/mol. The van der Waals surface area contributed by atoms with Crippen LogP contribution in [0.5, 0.6) is 0 Å². The molecule has 0 fully saturated rings. The van der Waals surface area contributed by atoms with E-state index in [9.17, 15) is 13.2 Å². The van der Waals surface area contributed by atoms with Gasteiger partial charge in [-0.25, -0.2) is 5.43 Å². The molecule has 3 nitrogen and oxygen atoms in total. The molecule has 2 rings (SSSR count). The van der Waals surface area contributed by atoms with Crippen LogP contribution in [0, 0.1) is 0 Å². The minimum atomic E-state index is -4.42. The van der Waals surface area contributed by atoms with Crippen molar-refractivity contribution in [3.63, 3.8) is 0 Å². The summed E-state index contributed by atoms with van der Waals surface area (Å²) in [6.07, 6.45) is -1.40. The highest BCUT2D eigenvalue weighted by Crippen LogP contribution is 2.35. The summed E-state index contributed by atoms with van der Waals surface area (Å²) < 4.78 is 38.9. The molecule has 1 heterocycles. The van der Waals surface area contributed by atoms with Gasteiger partial charge in [-0.15, -0.1) is 0 Å². The first-order valence-corrected chi connectivity index (χ1v) is 5.56. The molecule has 6 heteroatoms. The zero-order valence-corrected chi connectivity index (χ0v) is 9.85. The predicted molar refractivity (Wildman–Crippen MR) is 64.8 cm³/mol. The third-order valence-corrected chi connectivity index (χ3v) is 2.78. The van der Waals surface area contributed by atoms with Gasteiger partial charge in [0, 0.05) is 12.4 Å². The van der Waals surface area contributed by atoms with Gasteiger partial charge in [0.1, 0.15) is 0 Å². The van der Waals surface area contributed by atoms with Crippen molar-refractivity contribution in [2.24, 2.45) is 5.84 Å². The summed E-state index contributed by atoms with van der Waals surface area (Å²) in [7, 11) is 0. The molecule has 19 heavy (non-hydrogen) atoms. The Balaban J connectivity index is 2.51. The standard InChI is InChI=1S/C13H12F3N3/c14-13(15,16)11-4-2-1-3-10(11)12(19-17)9-5-7-18-8-6-9/h1-8,12,19H,17H2. The number of nitrogens with one attached hydrogen (secondary N) is 1. The number of pyridine rings is 1. The fourth-order valence-corrected chi connectivity index (χ4v) is 1.93. The number of hydrazine groups is 1. The van der Waals surface area contributed by atoms with Gasteiger partial charge in [0.05, 0.1) is 11.6 Å². The van der Waals surface area contributed by atoms with Crippen LogP contribution in [0.2, 0.25) is 0 Å². The molecule has 0 aliphatic carbocycles. The first-order valence-electron chi connectivity index (χ1n) is 5.56. The van der Waals surface area contributed by atoms with E-state index in [2.05, 4.69) is 10.4 Å². The lowest BCUT2D eigenvalue weighted by Gasteiger charge is -2.21. The van der Waals surface area contributed by atoms with Gasteiger partial charge in [0.25, 0.3) is 0 Å². The third-order valence-electron chi connectivity index (χ3n) is 2.78. The number of hydrogen-bond donors (Lipinski definition) is 2. The van der Waals surface area contributed by atoms with Gasteiger partial charge in [-0.3, -0.25) is 10.8 Å². The van der Waals surface area contributed by atoms with Gasteiger partial charge in [-0.05, 0) is 29.3 Å². The lowest BCUT2D eigenvalue weighted by Crippen LogP contribution is -2.30. The van der Waals surface area contributed by atoms with Gasteiger partial charge in [0.2, 0.25) is 0 Å². The molecular formula is C13H12F3N3. The van der Waals surface area contributed by atoms with Crippen molar-refractivity contribution in [3.8, 4) is 0 Å². The molecule has 0 bridgehead atoms. The molecule has 0 radical (unpaired) electrons. The predicted octanol–water partition coefficient (Wildman–Crippen LogP) is 2.65. The molecule has 0 aliphatic rings. The number of hydrogen-bond acceptors (Lipinski definition) is 3. The van der Waals surface area contributed by atoms with Crippen molar-refractivity contribution in [3.05, 3.63) is 65.5 Å². The summed E-state index contributed by atoms with van der Waals surface area (Å²) in [6, 6.07) is 7.87. The molecular weight excluding hydrogens is 255 g/mol. The van der Waals surface area contributed by atoms with Crippen molar-refractivity contribution in [2.45, 2.75) is 12.2 Å². The molecule has 0 spiro atoms. The maximum atomic E-state index is 13.0. The summed E-state index contributed by atoms with van der Waals surface area (Å²) in [6.45, 7) is 0. The number of nitrogens with zero attached hydrogens (tertiary/aromatic N) is 1. The highest BCUT2D eigenvalue weighted by molar-refractivity contribution is 5.38. The second-order valence-electron chi connectivity index (χ2n) is 3.97. The van der Waals surface area contributed by atoms with E-state index in [0.717, 1.165) is 6.07 Å². The van der Waals surface area contributed by atoms with Gasteiger partial charge < -0.3 is 0 Å². The minimum absolute atomic E-state index is 0.0868. The zero-order valence-electron chi connectivity index (χ0n) is 9.85. The van der Waals surface area contributed by atoms with E-state index in [1.807, 2.05) is 0 Å². The summed E-state index contributed by atoms with van der Waals surface area (Å²) in [4.78, 5) is 3.84. The summed E-state index contributed by atoms with van der Waals surface area (Å²) in [5.41, 5.74) is 2.43. The van der Waals surface area contributed by atoms with E-state index >= 15 is 0 Å². The largest absolute Gasteiger partial charge is 0.416 e. The SMILES string of the molecule is NNC(c1ccncc1)c1ccccc1C(F)(F)F. The van der Waals surface area contributed by atoms with Crippen LogP contribution in [0.3, 0.4) is 0 Å². The lowest BCUT2D eigenvalue weighted by atomic mass is 9.95. The highest BCUT2D eigenvalue weighted by Gasteiger charge is 2.35. The monoisotopic (exact) mass is 267 g/mol. The van der Waals surface area contributed by atoms with Crippen LogP contribution in [-0.2, 0) is 6.18 Å². The summed E-state index contributed by atoms with van der Waals surface area (Å²) in [5, 5.41) is 0. The van der Waals surface area contributed by atoms with Crippen molar-refractivity contribution in [1.82, 2.24) is 10.4 Å². The van der Waals surface area contributed by atoms with E-state index in [1.54, 1.807) is 18.2 Å². The Kier molecular flexibility index (Phi) is 3.82. The number of aromatic nitrogens is 1. The number of alkyl halides is 3. The van der Waals surface area contributed by atoms with E-state index < -0.39 is 17.8 Å². The van der Waals surface area contributed by atoms with Gasteiger partial charge >= 0.3 is 6.18 Å². The van der Waals surface area contributed by atoms with E-state index in [4.69, 9.17) is 5.84 Å². The van der Waals surface area contributed by atoms with Crippen LogP contribution >= 0.6 is 0 Å². The van der Waals surface area contributed by atoms with Crippen LogP contribution in [0.4, 0.5) is 13.2 Å². The van der Waals surface area contributed by atoms with Gasteiger partial charge in [0.15, 0.2) is 0 Å². The van der Waals surface area contributed by atoms with E-state index in [1.165, 1.54) is 24.5 Å². The van der Waals surface area contributed by atoms with Crippen LogP contribution in [-0.4, -0.2) is 4.98 Å². The van der Waals surface area contributed by atoms with Crippen LogP contribution < -0.4 is 11.3 Å². The fourth-order valence-electron chi connectivity index (χ4n) is 1.93. The number of halogens is 3. The maximum absolute atomic E-state index is 13.0. The Morgan fingerprint density at radius 1 is 1.05 bits per heavy atom. The topological polar surface area (TPSA) is 50.9 Å². The van der Waals surface area contributed by atoms with E-state index in [-0.39, 0.29) is 5.56 Å². The average Bonchev–Trinajstić information content (AvgIpc) is 2.40. The molecule has 1 atom stereocenters. The first kappa shape index (κ1) is 13.5. The molecule has 100 valence electrons. The molecule has 0 aliphatic heterocycles. The number of nitrogens with two attached hydrogens (primary N) is 1. The second-order valence-corrected chi connectivity index (χ2v) is 3.97. The lowest BCUT2D eigenvalue weighted by molar-refractivity contribution is -0.138. The minimum Gasteiger partial charge on any atom is -0.271 e. The second kappa shape index (κ2) is 5.38. The van der Waals surface area contributed by atoms with Gasteiger partial charge in [-0.1, -0.05) is 18.2 Å². The smallest absolute Gasteiger partial charge is 0.271 e. The molecule has 2 aromatic rings. The van der Waals surface area contributed by atoms with Gasteiger partial charge in [-0.2, -0.15) is 13.2 Å². The molecule has 0 amide bonds. The third kappa shape index (κ3) is 2.91. The van der Waals surface area contributed by atoms with Crippen LogP contribution in [0.1, 0.15) is 22.7 Å². The Morgan fingerprint density at radius 2 is 1.68 bits per heavy atom. The van der Waals surface area contributed by atoms with Crippen molar-refractivity contribution < 1.29 is 13.2 Å². The van der Waals surface area contributed by atoms with Crippen molar-refractivity contribution in [1.29, 1.82) is 0 Å². The molecule has 0 saturated carbocycles. The zero-order chi connectivity index (χ0) is 13.9. The summed E-state index contributed by atoms with van der Waals surface area (Å²) in [5.74, 6) is 5.41. The Morgan fingerprint density at radius 3 is 2.26 bits per heavy atom. The molecule has 1 aromatic carbocycles. The number of benzene rings is 1. The summed E-state index contributed by atoms with van der Waals surface area (Å²) >= 11 is 0. The van der Waals surface area contributed by atoms with Crippen LogP contribution in [0.25, 0.3) is 0 Å².